The number of carbonyl (C=O) groups excluding carboxylic acids is 2. The number of nitrogens with one attached hydrogen (secondary N) is 1. The lowest BCUT2D eigenvalue weighted by molar-refractivity contribution is -0.134. The number of hydrogen-bond donors (Lipinski definition) is 1. The van der Waals surface area contributed by atoms with Crippen LogP contribution in [0.2, 0.25) is 0 Å². The van der Waals surface area contributed by atoms with E-state index in [4.69, 9.17) is 0 Å². The maximum Gasteiger partial charge on any atom is 0.246 e. The zero-order valence-corrected chi connectivity index (χ0v) is 16.9. The molecule has 0 bridgehead atoms. The average molecular weight is 406 g/mol. The molecule has 0 radical (unpaired) electrons. The van der Waals surface area contributed by atoms with Gasteiger partial charge in [-0.15, -0.1) is 0 Å². The van der Waals surface area contributed by atoms with Gasteiger partial charge in [0.05, 0.1) is 0 Å². The second-order valence-corrected chi connectivity index (χ2v) is 7.72. The maximum atomic E-state index is 12.6. The van der Waals surface area contributed by atoms with Crippen molar-refractivity contribution < 1.29 is 9.59 Å². The fraction of sp³-hybridized carbons (Fsp3) is 0.409. The van der Waals surface area contributed by atoms with Crippen LogP contribution in [0.4, 0.5) is 0 Å². The van der Waals surface area contributed by atoms with Gasteiger partial charge in [-0.25, -0.2) is 0 Å². The Kier molecular flexibility index (Phi) is 6.32. The van der Waals surface area contributed by atoms with Crippen molar-refractivity contribution >= 4 is 22.8 Å². The lowest BCUT2D eigenvalue weighted by atomic mass is 9.92. The summed E-state index contributed by atoms with van der Waals surface area (Å²) in [6.07, 6.45) is 6.70. The Hall–Kier alpha value is -3.29. The minimum absolute atomic E-state index is 0.0444. The third-order valence-electron chi connectivity index (χ3n) is 5.56. The first-order valence-electron chi connectivity index (χ1n) is 10.4. The number of nitrogens with zero attached hydrogens (tertiary/aromatic N) is 5. The number of hydrogen-bond acceptors (Lipinski definition) is 5. The van der Waals surface area contributed by atoms with Crippen LogP contribution >= 0.6 is 0 Å². The van der Waals surface area contributed by atoms with Crippen LogP contribution in [-0.4, -0.2) is 49.8 Å². The Morgan fingerprint density at radius 1 is 1.03 bits per heavy atom. The van der Waals surface area contributed by atoms with Gasteiger partial charge in [-0.3, -0.25) is 14.6 Å². The third kappa shape index (κ3) is 5.20. The molecule has 0 saturated carbocycles. The van der Waals surface area contributed by atoms with E-state index in [1.165, 1.54) is 4.80 Å². The molecule has 1 saturated heterocycles. The highest BCUT2D eigenvalue weighted by Crippen LogP contribution is 2.22. The number of pyridine rings is 1. The number of likely N-dealkylation sites (tertiary alicyclic amines) is 1. The van der Waals surface area contributed by atoms with Crippen molar-refractivity contribution in [3.8, 4) is 0 Å². The number of fused-ring (bicyclic) bond motifs is 1. The molecular weight excluding hydrogens is 380 g/mol. The quantitative estimate of drug-likeness (QED) is 0.649. The number of amides is 2. The summed E-state index contributed by atoms with van der Waals surface area (Å²) in [6, 6.07) is 11.4. The molecule has 1 aromatic carbocycles. The first kappa shape index (κ1) is 20.0. The van der Waals surface area contributed by atoms with E-state index in [1.807, 2.05) is 41.3 Å². The Morgan fingerprint density at radius 2 is 1.77 bits per heavy atom. The predicted molar refractivity (Wildman–Crippen MR) is 112 cm³/mol. The van der Waals surface area contributed by atoms with Gasteiger partial charge in [0.1, 0.15) is 17.6 Å². The van der Waals surface area contributed by atoms with Gasteiger partial charge in [-0.2, -0.15) is 15.0 Å². The van der Waals surface area contributed by atoms with Gasteiger partial charge in [0.25, 0.3) is 0 Å². The van der Waals surface area contributed by atoms with E-state index in [0.717, 1.165) is 48.9 Å². The summed E-state index contributed by atoms with van der Waals surface area (Å²) < 4.78 is 0. The number of carbonyl (C=O) groups is 2. The Labute approximate surface area is 175 Å². The van der Waals surface area contributed by atoms with Gasteiger partial charge in [0, 0.05) is 38.4 Å². The van der Waals surface area contributed by atoms with Crippen LogP contribution in [0.15, 0.2) is 48.8 Å². The second kappa shape index (κ2) is 9.47. The summed E-state index contributed by atoms with van der Waals surface area (Å²) in [6.45, 7) is 2.12. The molecule has 8 nitrogen and oxygen atoms in total. The van der Waals surface area contributed by atoms with Gasteiger partial charge in [0.2, 0.25) is 11.8 Å². The molecule has 1 fully saturated rings. The van der Waals surface area contributed by atoms with Crippen molar-refractivity contribution in [2.75, 3.05) is 13.1 Å². The standard InChI is InChI=1S/C22H26N6O2/c29-21(24-15-18-4-3-11-23-14-18)8-7-17-9-12-27(13-10-17)22(30)16-28-25-19-5-1-2-6-20(19)26-28/h1-6,11,14,17H,7-10,12-13,15-16H2,(H,24,29). The smallest absolute Gasteiger partial charge is 0.246 e. The summed E-state index contributed by atoms with van der Waals surface area (Å²) in [5, 5.41) is 11.7. The summed E-state index contributed by atoms with van der Waals surface area (Å²) in [7, 11) is 0. The molecular formula is C22H26N6O2. The fourth-order valence-electron chi connectivity index (χ4n) is 3.79. The lowest BCUT2D eigenvalue weighted by Crippen LogP contribution is -2.40. The molecule has 0 unspecified atom stereocenters. The Bertz CT molecular complexity index is 962. The largest absolute Gasteiger partial charge is 0.352 e. The van der Waals surface area contributed by atoms with E-state index in [2.05, 4.69) is 20.5 Å². The normalized spacial score (nSPS) is 14.7. The van der Waals surface area contributed by atoms with Gasteiger partial charge in [0.15, 0.2) is 0 Å². The molecule has 156 valence electrons. The molecule has 2 amide bonds. The van der Waals surface area contributed by atoms with Crippen LogP contribution < -0.4 is 5.32 Å². The molecule has 3 aromatic rings. The molecule has 1 aliphatic heterocycles. The van der Waals surface area contributed by atoms with Crippen molar-refractivity contribution in [1.29, 1.82) is 0 Å². The molecule has 1 N–H and O–H groups in total. The van der Waals surface area contributed by atoms with Crippen LogP contribution in [0.5, 0.6) is 0 Å². The van der Waals surface area contributed by atoms with E-state index in [-0.39, 0.29) is 18.4 Å². The van der Waals surface area contributed by atoms with Gasteiger partial charge >= 0.3 is 0 Å². The minimum atomic E-state index is 0.0444. The second-order valence-electron chi connectivity index (χ2n) is 7.72. The Morgan fingerprint density at radius 3 is 2.43 bits per heavy atom. The van der Waals surface area contributed by atoms with Crippen LogP contribution in [-0.2, 0) is 22.7 Å². The highest BCUT2D eigenvalue weighted by atomic mass is 16.2. The van der Waals surface area contributed by atoms with Crippen LogP contribution in [0.25, 0.3) is 11.0 Å². The van der Waals surface area contributed by atoms with Crippen LogP contribution in [0.1, 0.15) is 31.2 Å². The lowest BCUT2D eigenvalue weighted by Gasteiger charge is -2.31. The zero-order chi connectivity index (χ0) is 20.8. The van der Waals surface area contributed by atoms with Crippen molar-refractivity contribution in [3.63, 3.8) is 0 Å². The summed E-state index contributed by atoms with van der Waals surface area (Å²) >= 11 is 0. The van der Waals surface area contributed by atoms with Crippen molar-refractivity contribution in [1.82, 2.24) is 30.2 Å². The maximum absolute atomic E-state index is 12.6. The number of piperidine rings is 1. The topological polar surface area (TPSA) is 93.0 Å². The van der Waals surface area contributed by atoms with Crippen LogP contribution in [0.3, 0.4) is 0 Å². The average Bonchev–Trinajstić information content (AvgIpc) is 3.19. The fourth-order valence-corrected chi connectivity index (χ4v) is 3.79. The molecule has 30 heavy (non-hydrogen) atoms. The van der Waals surface area contributed by atoms with Gasteiger partial charge in [-0.1, -0.05) is 18.2 Å². The first-order valence-corrected chi connectivity index (χ1v) is 10.4. The molecule has 8 heteroatoms. The molecule has 1 aliphatic rings. The van der Waals surface area contributed by atoms with E-state index < -0.39 is 0 Å². The molecule has 2 aromatic heterocycles. The Balaban J connectivity index is 1.17. The highest BCUT2D eigenvalue weighted by molar-refractivity contribution is 5.77. The number of rotatable bonds is 7. The van der Waals surface area contributed by atoms with Crippen molar-refractivity contribution in [3.05, 3.63) is 54.4 Å². The first-order chi connectivity index (χ1) is 14.7. The van der Waals surface area contributed by atoms with E-state index in [0.29, 0.717) is 18.9 Å². The minimum Gasteiger partial charge on any atom is -0.352 e. The predicted octanol–water partition coefficient (Wildman–Crippen LogP) is 2.16. The van der Waals surface area contributed by atoms with Crippen molar-refractivity contribution in [2.45, 2.75) is 38.8 Å². The molecule has 0 atom stereocenters. The highest BCUT2D eigenvalue weighted by Gasteiger charge is 2.23. The molecule has 0 aliphatic carbocycles. The third-order valence-corrected chi connectivity index (χ3v) is 5.56. The number of aromatic nitrogens is 4. The van der Waals surface area contributed by atoms with E-state index >= 15 is 0 Å². The summed E-state index contributed by atoms with van der Waals surface area (Å²) in [5.74, 6) is 0.584. The molecule has 4 rings (SSSR count). The SMILES string of the molecule is O=C(CCC1CCN(C(=O)Cn2nc3ccccc3n2)CC1)NCc1cccnc1. The summed E-state index contributed by atoms with van der Waals surface area (Å²) in [4.78, 5) is 32.1. The van der Waals surface area contributed by atoms with E-state index in [9.17, 15) is 9.59 Å². The van der Waals surface area contributed by atoms with Crippen LogP contribution in [0, 0.1) is 5.92 Å². The zero-order valence-electron chi connectivity index (χ0n) is 16.9. The number of benzene rings is 1. The molecule has 3 heterocycles. The summed E-state index contributed by atoms with van der Waals surface area (Å²) in [5.41, 5.74) is 2.59. The van der Waals surface area contributed by atoms with Crippen molar-refractivity contribution in [2.24, 2.45) is 5.92 Å². The van der Waals surface area contributed by atoms with E-state index in [1.54, 1.807) is 12.4 Å². The van der Waals surface area contributed by atoms with Gasteiger partial charge < -0.3 is 10.2 Å². The molecule has 0 spiro atoms. The monoisotopic (exact) mass is 406 g/mol. The van der Waals surface area contributed by atoms with Gasteiger partial charge in [-0.05, 0) is 48.9 Å².